The maximum Gasteiger partial charge on any atom is 0.337 e. The van der Waals surface area contributed by atoms with Crippen molar-refractivity contribution >= 4 is 12.3 Å². The fourth-order valence-electron chi connectivity index (χ4n) is 3.63. The molecule has 1 aliphatic carbocycles. The van der Waals surface area contributed by atoms with Crippen LogP contribution in [0.1, 0.15) is 41.6 Å². The number of hydrogen-bond acceptors (Lipinski definition) is 5. The van der Waals surface area contributed by atoms with Crippen LogP contribution in [0.25, 0.3) is 11.1 Å². The van der Waals surface area contributed by atoms with Gasteiger partial charge in [0.1, 0.15) is 12.1 Å². The first-order valence-electron chi connectivity index (χ1n) is 8.44. The second kappa shape index (κ2) is 7.23. The number of aldehydes is 1. The number of nitrogens with zero attached hydrogens (tertiary/aromatic N) is 1. The summed E-state index contributed by atoms with van der Waals surface area (Å²) in [5.74, 6) is -0.738. The van der Waals surface area contributed by atoms with Gasteiger partial charge in [0.25, 0.3) is 0 Å². The van der Waals surface area contributed by atoms with Crippen LogP contribution in [-0.4, -0.2) is 31.5 Å². The number of esters is 1. The van der Waals surface area contributed by atoms with Gasteiger partial charge in [-0.3, -0.25) is 0 Å². The summed E-state index contributed by atoms with van der Waals surface area (Å²) in [6.07, 6.45) is 5.16. The summed E-state index contributed by atoms with van der Waals surface area (Å²) in [5.41, 5.74) is 1.09. The van der Waals surface area contributed by atoms with Gasteiger partial charge in [-0.15, -0.1) is 0 Å². The smallest absolute Gasteiger partial charge is 0.337 e. The molecule has 1 aromatic heterocycles. The summed E-state index contributed by atoms with van der Waals surface area (Å²) >= 11 is 0. The van der Waals surface area contributed by atoms with Crippen LogP contribution in [0.2, 0.25) is 0 Å². The average Bonchev–Trinajstić information content (AvgIpc) is 3.17. The molecule has 136 valence electrons. The van der Waals surface area contributed by atoms with Gasteiger partial charge in [0.15, 0.2) is 0 Å². The van der Waals surface area contributed by atoms with Crippen LogP contribution >= 0.6 is 0 Å². The number of ether oxygens (including phenoxy) is 2. The van der Waals surface area contributed by atoms with Crippen molar-refractivity contribution in [3.8, 4) is 17.0 Å². The minimum absolute atomic E-state index is 0.274. The van der Waals surface area contributed by atoms with Crippen LogP contribution in [0.3, 0.4) is 0 Å². The van der Waals surface area contributed by atoms with Gasteiger partial charge >= 0.3 is 5.97 Å². The molecule has 1 aliphatic rings. The zero-order valence-electron chi connectivity index (χ0n) is 14.8. The van der Waals surface area contributed by atoms with Crippen molar-refractivity contribution in [3.05, 3.63) is 47.4 Å². The van der Waals surface area contributed by atoms with Crippen LogP contribution in [0.4, 0.5) is 4.39 Å². The molecule has 0 unspecified atom stereocenters. The highest BCUT2D eigenvalue weighted by Gasteiger charge is 2.38. The number of carbonyl (C=O) groups excluding carboxylic acids is 2. The van der Waals surface area contributed by atoms with Gasteiger partial charge in [0.2, 0.25) is 5.88 Å². The van der Waals surface area contributed by atoms with Crippen molar-refractivity contribution in [2.75, 3.05) is 14.2 Å². The van der Waals surface area contributed by atoms with E-state index < -0.39 is 17.2 Å². The Bertz CT molecular complexity index is 844. The van der Waals surface area contributed by atoms with Crippen molar-refractivity contribution in [2.45, 2.75) is 31.1 Å². The molecule has 6 heteroatoms. The Hall–Kier alpha value is -2.76. The number of benzene rings is 1. The van der Waals surface area contributed by atoms with E-state index in [1.54, 1.807) is 18.2 Å². The molecule has 1 heterocycles. The molecule has 0 saturated heterocycles. The van der Waals surface area contributed by atoms with Crippen LogP contribution in [0, 0.1) is 5.82 Å². The number of carbonyl (C=O) groups is 2. The quantitative estimate of drug-likeness (QED) is 0.603. The first-order valence-corrected chi connectivity index (χ1v) is 8.44. The van der Waals surface area contributed by atoms with Gasteiger partial charge < -0.3 is 14.3 Å². The number of hydrogen-bond donors (Lipinski definition) is 0. The zero-order chi connectivity index (χ0) is 18.7. The minimum atomic E-state index is -0.734. The second-order valence-corrected chi connectivity index (χ2v) is 6.44. The Morgan fingerprint density at radius 2 is 1.92 bits per heavy atom. The monoisotopic (exact) mass is 357 g/mol. The number of methoxy groups -OCH3 is 2. The van der Waals surface area contributed by atoms with Crippen molar-refractivity contribution in [3.63, 3.8) is 0 Å². The predicted molar refractivity (Wildman–Crippen MR) is 93.7 cm³/mol. The summed E-state index contributed by atoms with van der Waals surface area (Å²) in [7, 11) is 2.75. The molecule has 1 fully saturated rings. The fraction of sp³-hybridized carbons (Fsp3) is 0.350. The van der Waals surface area contributed by atoms with Crippen molar-refractivity contribution in [1.29, 1.82) is 0 Å². The maximum absolute atomic E-state index is 14.5. The number of halogens is 1. The zero-order valence-corrected chi connectivity index (χ0v) is 14.8. The van der Waals surface area contributed by atoms with Crippen molar-refractivity contribution in [1.82, 2.24) is 4.98 Å². The molecular weight excluding hydrogens is 337 g/mol. The van der Waals surface area contributed by atoms with E-state index >= 15 is 0 Å². The van der Waals surface area contributed by atoms with Gasteiger partial charge in [-0.2, -0.15) is 0 Å². The minimum Gasteiger partial charge on any atom is -0.481 e. The third-order valence-corrected chi connectivity index (χ3v) is 5.03. The number of rotatable bonds is 5. The highest BCUT2D eigenvalue weighted by molar-refractivity contribution is 5.92. The Labute approximate surface area is 151 Å². The normalized spacial score (nSPS) is 15.5. The standard InChI is InChI=1S/C20H20FNO4/c1-25-18-10-15(17(21)11-22-18)14-6-5-13(19(24)26-2)9-16(14)20(12-23)7-3-4-8-20/h5-6,9-12H,3-4,7-8H2,1-2H3. The molecule has 0 amide bonds. The lowest BCUT2D eigenvalue weighted by atomic mass is 9.76. The third kappa shape index (κ3) is 3.07. The molecule has 0 N–H and O–H groups in total. The van der Waals surface area contributed by atoms with E-state index in [4.69, 9.17) is 9.47 Å². The van der Waals surface area contributed by atoms with E-state index in [1.807, 2.05) is 0 Å². The van der Waals surface area contributed by atoms with Crippen molar-refractivity contribution in [2.24, 2.45) is 0 Å². The molecular formula is C20H20FNO4. The first kappa shape index (κ1) is 18.0. The topological polar surface area (TPSA) is 65.5 Å². The summed E-state index contributed by atoms with van der Waals surface area (Å²) < 4.78 is 24.4. The lowest BCUT2D eigenvalue weighted by molar-refractivity contribution is -0.112. The van der Waals surface area contributed by atoms with Crippen LogP contribution in [-0.2, 0) is 14.9 Å². The fourth-order valence-corrected chi connectivity index (χ4v) is 3.63. The largest absolute Gasteiger partial charge is 0.481 e. The maximum atomic E-state index is 14.5. The van der Waals surface area contributed by atoms with Gasteiger partial charge in [-0.1, -0.05) is 18.9 Å². The third-order valence-electron chi connectivity index (χ3n) is 5.03. The molecule has 0 spiro atoms. The van der Waals surface area contributed by atoms with E-state index in [0.29, 0.717) is 29.5 Å². The summed E-state index contributed by atoms with van der Waals surface area (Å²) in [6, 6.07) is 6.38. The van der Waals surface area contributed by atoms with Gasteiger partial charge in [-0.25, -0.2) is 14.2 Å². The molecule has 0 aliphatic heterocycles. The van der Waals surface area contributed by atoms with Crippen LogP contribution < -0.4 is 4.74 Å². The molecule has 5 nitrogen and oxygen atoms in total. The SMILES string of the molecule is COC(=O)c1ccc(-c2cc(OC)ncc2F)c(C2(C=O)CCCC2)c1. The van der Waals surface area contributed by atoms with E-state index in [1.165, 1.54) is 20.3 Å². The van der Waals surface area contributed by atoms with E-state index in [2.05, 4.69) is 4.98 Å². The molecule has 26 heavy (non-hydrogen) atoms. The summed E-state index contributed by atoms with van der Waals surface area (Å²) in [5, 5.41) is 0. The van der Waals surface area contributed by atoms with Crippen LogP contribution in [0.5, 0.6) is 5.88 Å². The second-order valence-electron chi connectivity index (χ2n) is 6.44. The average molecular weight is 357 g/mol. The first-order chi connectivity index (χ1) is 12.5. The Balaban J connectivity index is 2.25. The summed E-state index contributed by atoms with van der Waals surface area (Å²) in [4.78, 5) is 27.9. The lowest BCUT2D eigenvalue weighted by Gasteiger charge is -2.26. The summed E-state index contributed by atoms with van der Waals surface area (Å²) in [6.45, 7) is 0. The highest BCUT2D eigenvalue weighted by Crippen LogP contribution is 2.44. The molecule has 0 radical (unpaired) electrons. The molecule has 1 aromatic carbocycles. The van der Waals surface area contributed by atoms with E-state index in [0.717, 1.165) is 25.3 Å². The van der Waals surface area contributed by atoms with E-state index in [9.17, 15) is 14.0 Å². The molecule has 3 rings (SSSR count). The van der Waals surface area contributed by atoms with Gasteiger partial charge in [0.05, 0.1) is 31.4 Å². The Morgan fingerprint density at radius 3 is 2.54 bits per heavy atom. The number of aromatic nitrogens is 1. The molecule has 0 bridgehead atoms. The lowest BCUT2D eigenvalue weighted by Crippen LogP contribution is -2.25. The number of pyridine rings is 1. The van der Waals surface area contributed by atoms with Crippen LogP contribution in [0.15, 0.2) is 30.5 Å². The van der Waals surface area contributed by atoms with E-state index in [-0.39, 0.29) is 11.4 Å². The van der Waals surface area contributed by atoms with Gasteiger partial charge in [-0.05, 0) is 36.1 Å². The predicted octanol–water partition coefficient (Wildman–Crippen LogP) is 3.69. The van der Waals surface area contributed by atoms with Crippen molar-refractivity contribution < 1.29 is 23.5 Å². The Kier molecular flexibility index (Phi) is 5.02. The molecule has 1 saturated carbocycles. The molecule has 2 aromatic rings. The highest BCUT2D eigenvalue weighted by atomic mass is 19.1. The Morgan fingerprint density at radius 1 is 1.19 bits per heavy atom. The molecule has 0 atom stereocenters. The van der Waals surface area contributed by atoms with Gasteiger partial charge in [0, 0.05) is 11.6 Å².